The van der Waals surface area contributed by atoms with Crippen LogP contribution in [-0.4, -0.2) is 40.8 Å². The van der Waals surface area contributed by atoms with Crippen LogP contribution in [0.5, 0.6) is 0 Å². The summed E-state index contributed by atoms with van der Waals surface area (Å²) in [5, 5.41) is 3.07. The molecule has 1 saturated heterocycles. The van der Waals surface area contributed by atoms with Gasteiger partial charge in [-0.15, -0.1) is 0 Å². The van der Waals surface area contributed by atoms with E-state index in [9.17, 15) is 8.42 Å². The van der Waals surface area contributed by atoms with Crippen molar-refractivity contribution in [2.24, 2.45) is 0 Å². The molecular formula is C14H22N2O3S. The van der Waals surface area contributed by atoms with Gasteiger partial charge < -0.3 is 10.1 Å². The van der Waals surface area contributed by atoms with E-state index in [4.69, 9.17) is 4.74 Å². The minimum absolute atomic E-state index is 0.0697. The fraction of sp³-hybridized carbons (Fsp3) is 0.571. The predicted molar refractivity (Wildman–Crippen MR) is 78.2 cm³/mol. The van der Waals surface area contributed by atoms with Gasteiger partial charge in [0.15, 0.2) is 0 Å². The summed E-state index contributed by atoms with van der Waals surface area (Å²) in [6.45, 7) is 3.37. The van der Waals surface area contributed by atoms with Crippen molar-refractivity contribution in [3.8, 4) is 0 Å². The lowest BCUT2D eigenvalue weighted by Crippen LogP contribution is -2.39. The number of nitrogens with one attached hydrogen (secondary N) is 2. The van der Waals surface area contributed by atoms with Gasteiger partial charge in [0, 0.05) is 6.61 Å². The molecule has 1 heterocycles. The van der Waals surface area contributed by atoms with Crippen molar-refractivity contribution < 1.29 is 13.2 Å². The van der Waals surface area contributed by atoms with Crippen molar-refractivity contribution in [3.05, 3.63) is 29.8 Å². The molecule has 1 aliphatic rings. The number of rotatable bonds is 6. The second kappa shape index (κ2) is 6.67. The average Bonchev–Trinajstić information content (AvgIpc) is 2.82. The fourth-order valence-corrected chi connectivity index (χ4v) is 3.60. The van der Waals surface area contributed by atoms with Crippen molar-refractivity contribution in [2.75, 3.05) is 20.2 Å². The molecular weight excluding hydrogens is 276 g/mol. The molecule has 2 rings (SSSR count). The van der Waals surface area contributed by atoms with Crippen molar-refractivity contribution in [1.82, 2.24) is 10.0 Å². The van der Waals surface area contributed by atoms with Crippen LogP contribution in [0.1, 0.15) is 18.9 Å². The van der Waals surface area contributed by atoms with Crippen LogP contribution in [0.4, 0.5) is 0 Å². The monoisotopic (exact) mass is 298 g/mol. The zero-order valence-corrected chi connectivity index (χ0v) is 12.7. The van der Waals surface area contributed by atoms with Crippen LogP contribution < -0.4 is 10.0 Å². The molecule has 112 valence electrons. The van der Waals surface area contributed by atoms with Crippen molar-refractivity contribution >= 4 is 10.0 Å². The Hall–Kier alpha value is -0.950. The van der Waals surface area contributed by atoms with E-state index < -0.39 is 10.0 Å². The van der Waals surface area contributed by atoms with Crippen LogP contribution in [-0.2, 0) is 21.2 Å². The molecule has 20 heavy (non-hydrogen) atoms. The van der Waals surface area contributed by atoms with Crippen LogP contribution >= 0.6 is 0 Å². The highest BCUT2D eigenvalue weighted by Gasteiger charge is 2.29. The highest BCUT2D eigenvalue weighted by atomic mass is 32.2. The van der Waals surface area contributed by atoms with Gasteiger partial charge in [0.25, 0.3) is 0 Å². The molecule has 0 radical (unpaired) electrons. The van der Waals surface area contributed by atoms with Crippen molar-refractivity contribution in [1.29, 1.82) is 0 Å². The van der Waals surface area contributed by atoms with Crippen LogP contribution in [0, 0.1) is 0 Å². The van der Waals surface area contributed by atoms with Gasteiger partial charge in [0.05, 0.1) is 17.0 Å². The smallest absolute Gasteiger partial charge is 0.240 e. The minimum Gasteiger partial charge on any atom is -0.377 e. The molecule has 0 aromatic heterocycles. The molecule has 1 aliphatic heterocycles. The number of ether oxygens (including phenoxy) is 1. The van der Waals surface area contributed by atoms with Gasteiger partial charge in [0.2, 0.25) is 10.0 Å². The Labute approximate surface area is 120 Å². The summed E-state index contributed by atoms with van der Waals surface area (Å²) in [5.74, 6) is 0. The van der Waals surface area contributed by atoms with Crippen molar-refractivity contribution in [2.45, 2.75) is 36.8 Å². The Morgan fingerprint density at radius 1 is 1.30 bits per heavy atom. The van der Waals surface area contributed by atoms with Gasteiger partial charge >= 0.3 is 0 Å². The van der Waals surface area contributed by atoms with Crippen LogP contribution in [0.15, 0.2) is 29.2 Å². The maximum Gasteiger partial charge on any atom is 0.240 e. The zero-order chi connectivity index (χ0) is 14.6. The Kier molecular flexibility index (Phi) is 5.15. The van der Waals surface area contributed by atoms with Crippen LogP contribution in [0.2, 0.25) is 0 Å². The number of sulfonamides is 1. The van der Waals surface area contributed by atoms with E-state index in [1.165, 1.54) is 0 Å². The number of hydrogen-bond donors (Lipinski definition) is 2. The molecule has 6 heteroatoms. The highest BCUT2D eigenvalue weighted by molar-refractivity contribution is 7.89. The average molecular weight is 298 g/mol. The second-order valence-corrected chi connectivity index (χ2v) is 6.80. The summed E-state index contributed by atoms with van der Waals surface area (Å²) < 4.78 is 32.7. The molecule has 0 spiro atoms. The minimum atomic E-state index is -3.46. The highest BCUT2D eigenvalue weighted by Crippen LogP contribution is 2.17. The van der Waals surface area contributed by atoms with Gasteiger partial charge in [-0.2, -0.15) is 0 Å². The second-order valence-electron chi connectivity index (χ2n) is 5.09. The summed E-state index contributed by atoms with van der Waals surface area (Å²) in [5.41, 5.74) is 1.12. The summed E-state index contributed by atoms with van der Waals surface area (Å²) in [4.78, 5) is 0.310. The maximum absolute atomic E-state index is 12.3. The third-order valence-electron chi connectivity index (χ3n) is 3.58. The third kappa shape index (κ3) is 3.79. The molecule has 2 unspecified atom stereocenters. The lowest BCUT2D eigenvalue weighted by molar-refractivity contribution is 0.117. The van der Waals surface area contributed by atoms with E-state index in [1.54, 1.807) is 12.1 Å². The zero-order valence-electron chi connectivity index (χ0n) is 11.9. The van der Waals surface area contributed by atoms with Crippen molar-refractivity contribution in [3.63, 3.8) is 0 Å². The van der Waals surface area contributed by atoms with Gasteiger partial charge in [-0.1, -0.05) is 12.1 Å². The normalized spacial score (nSPS) is 23.1. The van der Waals surface area contributed by atoms with E-state index in [0.29, 0.717) is 11.5 Å². The summed E-state index contributed by atoms with van der Waals surface area (Å²) in [6.07, 6.45) is 1.54. The lowest BCUT2D eigenvalue weighted by Gasteiger charge is -2.16. The first-order valence-corrected chi connectivity index (χ1v) is 8.39. The molecule has 1 fully saturated rings. The number of benzene rings is 1. The SMILES string of the molecule is CNCCc1ccc(S(=O)(=O)NC2CCOC2C)cc1. The molecule has 1 aromatic rings. The summed E-state index contributed by atoms with van der Waals surface area (Å²) in [6, 6.07) is 6.91. The van der Waals surface area contributed by atoms with Gasteiger partial charge in [-0.25, -0.2) is 13.1 Å². The standard InChI is InChI=1S/C14H22N2O3S/c1-11-14(8-10-19-11)16-20(17,18)13-5-3-12(4-6-13)7-9-15-2/h3-6,11,14-16H,7-10H2,1-2H3. The Morgan fingerprint density at radius 2 is 2.00 bits per heavy atom. The summed E-state index contributed by atoms with van der Waals surface area (Å²) in [7, 11) is -1.56. The van der Waals surface area contributed by atoms with Gasteiger partial charge in [-0.3, -0.25) is 0 Å². The molecule has 0 amide bonds. The first kappa shape index (κ1) is 15.4. The molecule has 0 bridgehead atoms. The van der Waals surface area contributed by atoms with E-state index >= 15 is 0 Å². The first-order chi connectivity index (χ1) is 9.53. The van der Waals surface area contributed by atoms with E-state index in [2.05, 4.69) is 10.0 Å². The van der Waals surface area contributed by atoms with Gasteiger partial charge in [0.1, 0.15) is 0 Å². The third-order valence-corrected chi connectivity index (χ3v) is 5.09. The fourth-order valence-electron chi connectivity index (χ4n) is 2.26. The molecule has 5 nitrogen and oxygen atoms in total. The Bertz CT molecular complexity index is 528. The molecule has 0 aliphatic carbocycles. The Morgan fingerprint density at radius 3 is 2.55 bits per heavy atom. The topological polar surface area (TPSA) is 67.4 Å². The largest absolute Gasteiger partial charge is 0.377 e. The number of hydrogen-bond acceptors (Lipinski definition) is 4. The van der Waals surface area contributed by atoms with Crippen LogP contribution in [0.3, 0.4) is 0 Å². The predicted octanol–water partition coefficient (Wildman–Crippen LogP) is 0.904. The van der Waals surface area contributed by atoms with E-state index in [0.717, 1.165) is 24.9 Å². The maximum atomic E-state index is 12.3. The molecule has 2 atom stereocenters. The van der Waals surface area contributed by atoms with Gasteiger partial charge in [-0.05, 0) is 51.1 Å². The summed E-state index contributed by atoms with van der Waals surface area (Å²) >= 11 is 0. The quantitative estimate of drug-likeness (QED) is 0.819. The van der Waals surface area contributed by atoms with E-state index in [1.807, 2.05) is 26.1 Å². The lowest BCUT2D eigenvalue weighted by atomic mass is 10.1. The van der Waals surface area contributed by atoms with Crippen LogP contribution in [0.25, 0.3) is 0 Å². The Balaban J connectivity index is 2.05. The van der Waals surface area contributed by atoms with E-state index in [-0.39, 0.29) is 12.1 Å². The molecule has 1 aromatic carbocycles. The molecule has 2 N–H and O–H groups in total. The molecule has 0 saturated carbocycles. The number of likely N-dealkylation sites (N-methyl/N-ethyl adjacent to an activating group) is 1. The first-order valence-electron chi connectivity index (χ1n) is 6.90.